The van der Waals surface area contributed by atoms with Crippen LogP contribution < -0.4 is 5.73 Å². The summed E-state index contributed by atoms with van der Waals surface area (Å²) in [6, 6.07) is 6.93. The summed E-state index contributed by atoms with van der Waals surface area (Å²) in [6.45, 7) is -0.319. The van der Waals surface area contributed by atoms with Gasteiger partial charge in [-0.25, -0.2) is 8.78 Å². The van der Waals surface area contributed by atoms with Crippen molar-refractivity contribution in [3.05, 3.63) is 34.9 Å². The Morgan fingerprint density at radius 1 is 1.38 bits per heavy atom. The van der Waals surface area contributed by atoms with Crippen LogP contribution in [0.3, 0.4) is 0 Å². The summed E-state index contributed by atoms with van der Waals surface area (Å²) in [5, 5.41) is 0.612. The fourth-order valence-electron chi connectivity index (χ4n) is 1.29. The molecule has 2 nitrogen and oxygen atoms in total. The Balaban J connectivity index is 2.32. The molecule has 1 rings (SSSR count). The van der Waals surface area contributed by atoms with E-state index in [2.05, 4.69) is 0 Å². The molecule has 0 fully saturated rings. The molecule has 0 aliphatic heterocycles. The van der Waals surface area contributed by atoms with Crippen molar-refractivity contribution in [3.8, 4) is 0 Å². The molecule has 1 unspecified atom stereocenters. The van der Waals surface area contributed by atoms with Gasteiger partial charge in [0.2, 0.25) is 0 Å². The highest BCUT2D eigenvalue weighted by Gasteiger charge is 2.07. The van der Waals surface area contributed by atoms with Crippen LogP contribution in [0.5, 0.6) is 0 Å². The minimum atomic E-state index is -2.43. The second kappa shape index (κ2) is 6.78. The number of halogens is 3. The normalized spacial score (nSPS) is 13.1. The van der Waals surface area contributed by atoms with Crippen LogP contribution >= 0.6 is 11.6 Å². The van der Waals surface area contributed by atoms with Gasteiger partial charge in [-0.15, -0.1) is 0 Å². The molecule has 0 spiro atoms. The maximum Gasteiger partial charge on any atom is 0.261 e. The predicted molar refractivity (Wildman–Crippen MR) is 59.8 cm³/mol. The van der Waals surface area contributed by atoms with E-state index < -0.39 is 13.0 Å². The molecule has 1 aromatic carbocycles. The highest BCUT2D eigenvalue weighted by atomic mass is 35.5. The zero-order valence-electron chi connectivity index (χ0n) is 8.70. The van der Waals surface area contributed by atoms with Crippen molar-refractivity contribution in [2.75, 3.05) is 13.2 Å². The lowest BCUT2D eigenvalue weighted by molar-refractivity contribution is 0.0152. The van der Waals surface area contributed by atoms with Crippen LogP contribution in [0.2, 0.25) is 5.02 Å². The van der Waals surface area contributed by atoms with Gasteiger partial charge < -0.3 is 10.5 Å². The maximum atomic E-state index is 11.8. The Morgan fingerprint density at radius 2 is 2.12 bits per heavy atom. The molecule has 1 atom stereocenters. The number of hydrogen-bond donors (Lipinski definition) is 1. The molecule has 0 heterocycles. The molecule has 0 saturated heterocycles. The molecule has 0 saturated carbocycles. The average molecular weight is 250 g/mol. The lowest BCUT2D eigenvalue weighted by Gasteiger charge is -2.12. The first-order valence-electron chi connectivity index (χ1n) is 4.96. The second-order valence-electron chi connectivity index (χ2n) is 3.42. The monoisotopic (exact) mass is 249 g/mol. The first-order chi connectivity index (χ1) is 7.59. The number of benzene rings is 1. The molecule has 16 heavy (non-hydrogen) atoms. The minimum absolute atomic E-state index is 0.220. The highest BCUT2D eigenvalue weighted by molar-refractivity contribution is 6.30. The van der Waals surface area contributed by atoms with Crippen LogP contribution in [-0.4, -0.2) is 19.6 Å². The molecule has 0 aromatic heterocycles. The van der Waals surface area contributed by atoms with Crippen LogP contribution in [0.15, 0.2) is 24.3 Å². The van der Waals surface area contributed by atoms with Gasteiger partial charge in [-0.1, -0.05) is 23.7 Å². The molecule has 0 amide bonds. The largest absolute Gasteiger partial charge is 0.375 e. The Hall–Kier alpha value is -0.710. The third kappa shape index (κ3) is 4.88. The topological polar surface area (TPSA) is 35.2 Å². The Kier molecular flexibility index (Phi) is 5.66. The molecule has 90 valence electrons. The third-order valence-electron chi connectivity index (χ3n) is 2.09. The molecular formula is C11H14ClF2NO. The number of rotatable bonds is 6. The summed E-state index contributed by atoms with van der Waals surface area (Å²) >= 11 is 5.81. The Bertz CT molecular complexity index is 323. The Labute approximate surface area is 98.3 Å². The molecule has 0 bridgehead atoms. The fourth-order valence-corrected chi connectivity index (χ4v) is 1.49. The third-order valence-corrected chi connectivity index (χ3v) is 2.33. The zero-order chi connectivity index (χ0) is 12.0. The number of alkyl halides is 2. The van der Waals surface area contributed by atoms with Crippen molar-refractivity contribution in [1.29, 1.82) is 0 Å². The summed E-state index contributed by atoms with van der Waals surface area (Å²) in [5.74, 6) is 0. The second-order valence-corrected chi connectivity index (χ2v) is 3.85. The fraction of sp³-hybridized carbons (Fsp3) is 0.455. The van der Waals surface area contributed by atoms with E-state index >= 15 is 0 Å². The van der Waals surface area contributed by atoms with E-state index in [1.54, 1.807) is 18.2 Å². The maximum absolute atomic E-state index is 11.8. The van der Waals surface area contributed by atoms with Crippen LogP contribution in [0.4, 0.5) is 8.78 Å². The zero-order valence-corrected chi connectivity index (χ0v) is 9.46. The van der Waals surface area contributed by atoms with Crippen LogP contribution in [0.25, 0.3) is 0 Å². The molecule has 0 aliphatic carbocycles. The van der Waals surface area contributed by atoms with Gasteiger partial charge in [0.15, 0.2) is 0 Å². The Morgan fingerprint density at radius 3 is 2.75 bits per heavy atom. The van der Waals surface area contributed by atoms with Crippen molar-refractivity contribution in [2.45, 2.75) is 18.9 Å². The van der Waals surface area contributed by atoms with Crippen molar-refractivity contribution in [2.24, 2.45) is 5.73 Å². The van der Waals surface area contributed by atoms with Gasteiger partial charge in [0, 0.05) is 17.7 Å². The molecule has 0 aliphatic rings. The van der Waals surface area contributed by atoms with Gasteiger partial charge in [0.25, 0.3) is 6.43 Å². The van der Waals surface area contributed by atoms with Gasteiger partial charge in [0.05, 0.1) is 0 Å². The summed E-state index contributed by atoms with van der Waals surface area (Å²) in [5.41, 5.74) is 6.74. The summed E-state index contributed by atoms with van der Waals surface area (Å²) in [7, 11) is 0. The molecule has 1 aromatic rings. The van der Waals surface area contributed by atoms with Gasteiger partial charge in [-0.05, 0) is 24.1 Å². The van der Waals surface area contributed by atoms with E-state index in [0.717, 1.165) is 5.56 Å². The van der Waals surface area contributed by atoms with Gasteiger partial charge in [0.1, 0.15) is 6.61 Å². The van der Waals surface area contributed by atoms with Crippen molar-refractivity contribution >= 4 is 11.6 Å². The quantitative estimate of drug-likeness (QED) is 0.787. The number of hydrogen-bond acceptors (Lipinski definition) is 2. The lowest BCUT2D eigenvalue weighted by Crippen LogP contribution is -2.14. The molecule has 5 heteroatoms. The minimum Gasteiger partial charge on any atom is -0.375 e. The summed E-state index contributed by atoms with van der Waals surface area (Å²) in [4.78, 5) is 0. The lowest BCUT2D eigenvalue weighted by atomic mass is 10.1. The van der Waals surface area contributed by atoms with E-state index in [0.29, 0.717) is 11.4 Å². The summed E-state index contributed by atoms with van der Waals surface area (Å²) < 4.78 is 28.3. The van der Waals surface area contributed by atoms with Crippen LogP contribution in [0.1, 0.15) is 18.0 Å². The first kappa shape index (κ1) is 13.4. The van der Waals surface area contributed by atoms with Crippen molar-refractivity contribution in [1.82, 2.24) is 0 Å². The van der Waals surface area contributed by atoms with E-state index in [1.165, 1.54) is 0 Å². The highest BCUT2D eigenvalue weighted by Crippen LogP contribution is 2.18. The van der Waals surface area contributed by atoms with Gasteiger partial charge in [-0.3, -0.25) is 0 Å². The van der Waals surface area contributed by atoms with E-state index in [9.17, 15) is 8.78 Å². The van der Waals surface area contributed by atoms with Crippen molar-refractivity contribution < 1.29 is 13.5 Å². The van der Waals surface area contributed by atoms with Crippen LogP contribution in [0, 0.1) is 0 Å². The smallest absolute Gasteiger partial charge is 0.261 e. The molecular weight excluding hydrogens is 236 g/mol. The van der Waals surface area contributed by atoms with Gasteiger partial charge >= 0.3 is 0 Å². The van der Waals surface area contributed by atoms with E-state index in [-0.39, 0.29) is 12.6 Å². The predicted octanol–water partition coefficient (Wildman–Crippen LogP) is 3.01. The standard InChI is InChI=1S/C11H14ClF2NO/c12-9-3-1-2-8(6-9)10(15)4-5-16-7-11(13)14/h1-3,6,10-11H,4-5,7,15H2. The van der Waals surface area contributed by atoms with E-state index in [4.69, 9.17) is 22.1 Å². The number of nitrogens with two attached hydrogens (primary N) is 1. The average Bonchev–Trinajstić information content (AvgIpc) is 2.24. The number of ether oxygens (including phenoxy) is 1. The SMILES string of the molecule is NC(CCOCC(F)F)c1cccc(Cl)c1. The molecule has 2 N–H and O–H groups in total. The first-order valence-corrected chi connectivity index (χ1v) is 5.34. The van der Waals surface area contributed by atoms with Crippen LogP contribution in [-0.2, 0) is 4.74 Å². The van der Waals surface area contributed by atoms with E-state index in [1.807, 2.05) is 6.07 Å². The summed E-state index contributed by atoms with van der Waals surface area (Å²) in [6.07, 6.45) is -1.94. The molecule has 0 radical (unpaired) electrons. The van der Waals surface area contributed by atoms with Crippen molar-refractivity contribution in [3.63, 3.8) is 0 Å². The van der Waals surface area contributed by atoms with Gasteiger partial charge in [-0.2, -0.15) is 0 Å².